The first kappa shape index (κ1) is 41.6. The summed E-state index contributed by atoms with van der Waals surface area (Å²) in [5, 5.41) is 3.58. The fourth-order valence-electron chi connectivity index (χ4n) is 8.55. The first-order valence-corrected chi connectivity index (χ1v) is 18.2. The van der Waals surface area contributed by atoms with E-state index in [4.69, 9.17) is 29.2 Å². The SMILES string of the molecule is CC[C@H]1OC(=O)[C@H](C)C(=O)[C@H](C)[C@@H](O[C@@H]2OC(C)CC(N(C)C)C2C)[C@](C)(OC)C[C@@H](C)C(=O)[C@H](C)[C@H]2N(CCCCN=[N+]=[N-])C(=O)O[C@]12C. The lowest BCUT2D eigenvalue weighted by molar-refractivity contribution is -0.280. The van der Waals surface area contributed by atoms with Crippen LogP contribution in [0.3, 0.4) is 0 Å². The summed E-state index contributed by atoms with van der Waals surface area (Å²) in [6.45, 7) is 16.8. The van der Waals surface area contributed by atoms with Crippen LogP contribution in [0, 0.1) is 29.6 Å². The number of fused-ring (bicyclic) bond motifs is 1. The van der Waals surface area contributed by atoms with Crippen molar-refractivity contribution in [3.05, 3.63) is 10.4 Å². The molecule has 3 aliphatic rings. The average molecular weight is 708 g/mol. The van der Waals surface area contributed by atoms with Gasteiger partial charge in [-0.25, -0.2) is 4.79 Å². The highest BCUT2D eigenvalue weighted by Crippen LogP contribution is 2.43. The Kier molecular flexibility index (Phi) is 14.3. The normalized spacial score (nSPS) is 40.5. The lowest BCUT2D eigenvalue weighted by atomic mass is 9.73. The molecular formula is C36H61N5O9. The highest BCUT2D eigenvalue weighted by molar-refractivity contribution is 6.00. The van der Waals surface area contributed by atoms with Gasteiger partial charge in [0, 0.05) is 54.8 Å². The number of carbonyl (C=O) groups is 4. The summed E-state index contributed by atoms with van der Waals surface area (Å²) in [6, 6.07) is -0.618. The number of amides is 1. The van der Waals surface area contributed by atoms with Crippen molar-refractivity contribution in [1.82, 2.24) is 9.80 Å². The van der Waals surface area contributed by atoms with Crippen molar-refractivity contribution in [1.29, 1.82) is 0 Å². The molecule has 284 valence electrons. The van der Waals surface area contributed by atoms with E-state index in [1.165, 1.54) is 18.9 Å². The lowest BCUT2D eigenvalue weighted by Gasteiger charge is -2.47. The monoisotopic (exact) mass is 707 g/mol. The maximum atomic E-state index is 14.5. The zero-order valence-electron chi connectivity index (χ0n) is 32.2. The summed E-state index contributed by atoms with van der Waals surface area (Å²) in [7, 11) is 5.58. The predicted octanol–water partition coefficient (Wildman–Crippen LogP) is 5.56. The van der Waals surface area contributed by atoms with Crippen molar-refractivity contribution in [2.24, 2.45) is 34.7 Å². The third-order valence-corrected chi connectivity index (χ3v) is 11.5. The molecule has 14 heteroatoms. The number of azide groups is 1. The Morgan fingerprint density at radius 1 is 1.02 bits per heavy atom. The van der Waals surface area contributed by atoms with E-state index in [0.717, 1.165) is 6.42 Å². The fourth-order valence-corrected chi connectivity index (χ4v) is 8.55. The summed E-state index contributed by atoms with van der Waals surface area (Å²) in [5.41, 5.74) is 6.12. The number of methoxy groups -OCH3 is 1. The Labute approximate surface area is 297 Å². The number of nitrogens with zero attached hydrogens (tertiary/aromatic N) is 5. The third kappa shape index (κ3) is 8.63. The molecule has 0 bridgehead atoms. The highest BCUT2D eigenvalue weighted by Gasteiger charge is 2.60. The Bertz CT molecular complexity index is 1280. The molecule has 3 fully saturated rings. The van der Waals surface area contributed by atoms with Gasteiger partial charge < -0.3 is 33.5 Å². The van der Waals surface area contributed by atoms with Crippen LogP contribution in [0.25, 0.3) is 10.4 Å². The molecule has 3 aliphatic heterocycles. The summed E-state index contributed by atoms with van der Waals surface area (Å²) in [4.78, 5) is 62.5. The minimum Gasteiger partial charge on any atom is -0.458 e. The number of esters is 1. The quantitative estimate of drug-likeness (QED) is 0.0700. The number of ketones is 2. The average Bonchev–Trinajstić information content (AvgIpc) is 3.33. The molecule has 0 radical (unpaired) electrons. The maximum absolute atomic E-state index is 14.5. The van der Waals surface area contributed by atoms with Gasteiger partial charge in [0.2, 0.25) is 0 Å². The van der Waals surface area contributed by atoms with E-state index in [1.807, 2.05) is 41.8 Å². The zero-order valence-corrected chi connectivity index (χ0v) is 32.2. The Morgan fingerprint density at radius 2 is 1.68 bits per heavy atom. The lowest BCUT2D eigenvalue weighted by Crippen LogP contribution is -2.59. The van der Waals surface area contributed by atoms with Crippen LogP contribution < -0.4 is 0 Å². The van der Waals surface area contributed by atoms with E-state index in [2.05, 4.69) is 21.8 Å². The van der Waals surface area contributed by atoms with E-state index >= 15 is 0 Å². The zero-order chi connectivity index (χ0) is 37.7. The molecule has 13 atom stereocenters. The van der Waals surface area contributed by atoms with E-state index in [9.17, 15) is 19.2 Å². The summed E-state index contributed by atoms with van der Waals surface area (Å²) < 4.78 is 31.4. The van der Waals surface area contributed by atoms with Crippen molar-refractivity contribution in [3.63, 3.8) is 0 Å². The smallest absolute Gasteiger partial charge is 0.410 e. The van der Waals surface area contributed by atoms with Crippen molar-refractivity contribution in [2.75, 3.05) is 34.3 Å². The molecule has 0 aromatic heterocycles. The van der Waals surface area contributed by atoms with Gasteiger partial charge in [-0.3, -0.25) is 14.4 Å². The van der Waals surface area contributed by atoms with Gasteiger partial charge in [0.05, 0.1) is 23.9 Å². The van der Waals surface area contributed by atoms with Crippen molar-refractivity contribution in [2.45, 2.75) is 142 Å². The van der Waals surface area contributed by atoms with Crippen molar-refractivity contribution < 1.29 is 42.9 Å². The van der Waals surface area contributed by atoms with E-state index < -0.39 is 77.3 Å². The molecule has 3 saturated heterocycles. The van der Waals surface area contributed by atoms with Crippen LogP contribution in [-0.4, -0.2) is 116 Å². The van der Waals surface area contributed by atoms with Crippen LogP contribution in [0.15, 0.2) is 5.11 Å². The molecular weight excluding hydrogens is 646 g/mol. The number of Topliss-reactive ketones (excluding diaryl/α,β-unsaturated/α-hetero) is 2. The molecule has 0 saturated carbocycles. The predicted molar refractivity (Wildman–Crippen MR) is 186 cm³/mol. The highest BCUT2D eigenvalue weighted by atomic mass is 16.7. The van der Waals surface area contributed by atoms with E-state index in [0.29, 0.717) is 12.8 Å². The summed E-state index contributed by atoms with van der Waals surface area (Å²) >= 11 is 0. The minimum absolute atomic E-state index is 0.0558. The molecule has 0 aromatic carbocycles. The molecule has 0 aliphatic carbocycles. The summed E-state index contributed by atoms with van der Waals surface area (Å²) in [6.07, 6.45) is -0.889. The van der Waals surface area contributed by atoms with Crippen LogP contribution in [0.4, 0.5) is 4.79 Å². The molecule has 0 N–H and O–H groups in total. The number of ether oxygens (including phenoxy) is 5. The van der Waals surface area contributed by atoms with Gasteiger partial charge in [-0.1, -0.05) is 39.7 Å². The van der Waals surface area contributed by atoms with E-state index in [-0.39, 0.29) is 49.8 Å². The van der Waals surface area contributed by atoms with Crippen LogP contribution in [0.1, 0.15) is 94.4 Å². The number of rotatable bonds is 10. The van der Waals surface area contributed by atoms with E-state index in [1.54, 1.807) is 20.8 Å². The number of carbonyl (C=O) groups excluding carboxylic acids is 4. The molecule has 14 nitrogen and oxygen atoms in total. The Morgan fingerprint density at radius 3 is 2.26 bits per heavy atom. The molecule has 3 rings (SSSR count). The molecule has 3 heterocycles. The Balaban J connectivity index is 2.10. The molecule has 1 amide bonds. The van der Waals surface area contributed by atoms with Crippen LogP contribution in [0.5, 0.6) is 0 Å². The molecule has 50 heavy (non-hydrogen) atoms. The number of hydrogen-bond donors (Lipinski definition) is 0. The number of hydrogen-bond acceptors (Lipinski definition) is 11. The molecule has 0 aromatic rings. The molecule has 3 unspecified atom stereocenters. The van der Waals surface area contributed by atoms with Crippen LogP contribution in [0.2, 0.25) is 0 Å². The van der Waals surface area contributed by atoms with Crippen molar-refractivity contribution in [3.8, 4) is 0 Å². The van der Waals surface area contributed by atoms with Gasteiger partial charge in [0.1, 0.15) is 17.8 Å². The first-order valence-electron chi connectivity index (χ1n) is 18.2. The van der Waals surface area contributed by atoms with Gasteiger partial charge in [0.15, 0.2) is 17.7 Å². The largest absolute Gasteiger partial charge is 0.458 e. The fraction of sp³-hybridized carbons (Fsp3) is 0.889. The van der Waals surface area contributed by atoms with Gasteiger partial charge in [-0.15, -0.1) is 0 Å². The second-order valence-electron chi connectivity index (χ2n) is 15.4. The topological polar surface area (TPSA) is 170 Å². The molecule has 0 spiro atoms. The second-order valence-corrected chi connectivity index (χ2v) is 15.4. The number of cyclic esters (lactones) is 1. The second kappa shape index (κ2) is 17.2. The van der Waals surface area contributed by atoms with Crippen LogP contribution >= 0.6 is 0 Å². The van der Waals surface area contributed by atoms with Gasteiger partial charge in [0.25, 0.3) is 0 Å². The third-order valence-electron chi connectivity index (χ3n) is 11.5. The maximum Gasteiger partial charge on any atom is 0.410 e. The standard InChI is InChI=1S/C36H61N5O9/c1-13-27-36(9)30(41(34(45)50-36)17-15-14-16-38-39-37)23(5)28(42)20(2)19-35(8,46-12)31(24(6)29(43)25(7)32(44)48-27)49-33-22(4)26(40(10)11)18-21(3)47-33/h20-27,30-31,33H,13-19H2,1-12H3/t20-,21?,22?,23+,24+,25-,26?,27-,30-,31-,33+,35-,36-/m1/s1. The minimum atomic E-state index is -1.38. The van der Waals surface area contributed by atoms with Gasteiger partial charge >= 0.3 is 12.1 Å². The van der Waals surface area contributed by atoms with Gasteiger partial charge in [-0.2, -0.15) is 0 Å². The van der Waals surface area contributed by atoms with Crippen molar-refractivity contribution >= 4 is 23.6 Å². The van der Waals surface area contributed by atoms with Gasteiger partial charge in [-0.05, 0) is 79.4 Å². The Hall–Kier alpha value is -2.77. The number of unbranched alkanes of at least 4 members (excludes halogenated alkanes) is 1. The summed E-state index contributed by atoms with van der Waals surface area (Å²) in [5.74, 6) is -4.65. The first-order chi connectivity index (χ1) is 23.4. The van der Waals surface area contributed by atoms with Crippen LogP contribution in [-0.2, 0) is 38.1 Å².